The number of hydrogen-bond donors (Lipinski definition) is 0. The van der Waals surface area contributed by atoms with Gasteiger partial charge in [0, 0.05) is 24.3 Å². The van der Waals surface area contributed by atoms with Gasteiger partial charge in [0.25, 0.3) is 5.69 Å². The fourth-order valence-electron chi connectivity index (χ4n) is 2.72. The molecule has 0 bridgehead atoms. The molecule has 0 saturated carbocycles. The second kappa shape index (κ2) is 6.30. The lowest BCUT2D eigenvalue weighted by Gasteiger charge is -2.15. The van der Waals surface area contributed by atoms with Gasteiger partial charge in [0.2, 0.25) is 5.13 Å². The Morgan fingerprint density at radius 1 is 1.19 bits per heavy atom. The quantitative estimate of drug-likeness (QED) is 0.491. The van der Waals surface area contributed by atoms with Crippen LogP contribution in [0.3, 0.4) is 0 Å². The molecule has 130 valence electrons. The minimum absolute atomic E-state index is 0.0571. The number of nitro benzene ring substituents is 1. The molecule has 1 aromatic heterocycles. The number of non-ortho nitro benzene ring substituents is 1. The molecule has 7 nitrogen and oxygen atoms in total. The molecule has 2 heterocycles. The van der Waals surface area contributed by atoms with Gasteiger partial charge >= 0.3 is 0 Å². The van der Waals surface area contributed by atoms with Crippen LogP contribution in [0.1, 0.15) is 18.9 Å². The molecule has 26 heavy (non-hydrogen) atoms. The Morgan fingerprint density at radius 3 is 2.69 bits per heavy atom. The van der Waals surface area contributed by atoms with Crippen LogP contribution in [0.2, 0.25) is 0 Å². The van der Waals surface area contributed by atoms with E-state index < -0.39 is 4.92 Å². The number of benzene rings is 2. The molecule has 0 amide bonds. The maximum absolute atomic E-state index is 10.9. The van der Waals surface area contributed by atoms with Gasteiger partial charge in [-0.05, 0) is 32.0 Å². The zero-order valence-electron chi connectivity index (χ0n) is 14.2. The van der Waals surface area contributed by atoms with Gasteiger partial charge in [-0.25, -0.2) is 15.0 Å². The summed E-state index contributed by atoms with van der Waals surface area (Å²) in [5, 5.41) is 17.9. The Labute approximate surface area is 153 Å². The first-order valence-electron chi connectivity index (χ1n) is 8.03. The van der Waals surface area contributed by atoms with Gasteiger partial charge in [0.1, 0.15) is 5.84 Å². The van der Waals surface area contributed by atoms with Crippen LogP contribution < -0.4 is 5.01 Å². The molecule has 0 radical (unpaired) electrons. The summed E-state index contributed by atoms with van der Waals surface area (Å²) in [6.45, 7) is 4.00. The summed E-state index contributed by atoms with van der Waals surface area (Å²) in [7, 11) is 0. The third-order valence-corrected chi connectivity index (χ3v) is 4.92. The van der Waals surface area contributed by atoms with E-state index in [4.69, 9.17) is 0 Å². The number of rotatable bonds is 3. The highest BCUT2D eigenvalue weighted by atomic mass is 32.1. The van der Waals surface area contributed by atoms with E-state index in [0.29, 0.717) is 17.1 Å². The largest absolute Gasteiger partial charge is 0.270 e. The van der Waals surface area contributed by atoms with Crippen molar-refractivity contribution >= 4 is 49.6 Å². The number of aromatic nitrogens is 1. The molecule has 2 aromatic carbocycles. The number of nitrogens with zero attached hydrogens (tertiary/aromatic N) is 5. The maximum Gasteiger partial charge on any atom is 0.270 e. The zero-order chi connectivity index (χ0) is 18.3. The molecule has 0 N–H and O–H groups in total. The van der Waals surface area contributed by atoms with Gasteiger partial charge in [0.15, 0.2) is 0 Å². The van der Waals surface area contributed by atoms with Gasteiger partial charge in [-0.1, -0.05) is 29.0 Å². The van der Waals surface area contributed by atoms with Gasteiger partial charge < -0.3 is 0 Å². The highest BCUT2D eigenvalue weighted by molar-refractivity contribution is 7.22. The third kappa shape index (κ3) is 3.06. The second-order valence-electron chi connectivity index (χ2n) is 6.09. The molecule has 0 fully saturated rings. The summed E-state index contributed by atoms with van der Waals surface area (Å²) in [6.07, 6.45) is 0.643. The van der Waals surface area contributed by atoms with Crippen LogP contribution >= 0.6 is 11.3 Å². The van der Waals surface area contributed by atoms with E-state index >= 15 is 0 Å². The van der Waals surface area contributed by atoms with Crippen LogP contribution in [0.5, 0.6) is 0 Å². The number of anilines is 1. The molecular formula is C18H15N5O2S. The zero-order valence-corrected chi connectivity index (χ0v) is 15.0. The number of aliphatic imine (C=N–C) groups is 1. The molecular weight excluding hydrogens is 350 g/mol. The molecule has 0 atom stereocenters. The first-order chi connectivity index (χ1) is 12.5. The number of nitro groups is 1. The number of hydrogen-bond acceptors (Lipinski definition) is 6. The van der Waals surface area contributed by atoms with Crippen molar-refractivity contribution in [2.24, 2.45) is 10.1 Å². The monoisotopic (exact) mass is 365 g/mol. The van der Waals surface area contributed by atoms with Crippen molar-refractivity contribution in [1.29, 1.82) is 0 Å². The average molecular weight is 365 g/mol. The minimum atomic E-state index is -0.405. The van der Waals surface area contributed by atoms with Crippen LogP contribution in [0.15, 0.2) is 52.6 Å². The lowest BCUT2D eigenvalue weighted by atomic mass is 10.2. The van der Waals surface area contributed by atoms with Crippen LogP contribution in [-0.4, -0.2) is 21.5 Å². The molecule has 8 heteroatoms. The van der Waals surface area contributed by atoms with E-state index in [1.54, 1.807) is 6.07 Å². The minimum Gasteiger partial charge on any atom is -0.258 e. The number of aryl methyl sites for hydroxylation is 1. The van der Waals surface area contributed by atoms with E-state index in [0.717, 1.165) is 21.9 Å². The molecule has 1 aliphatic heterocycles. The smallest absolute Gasteiger partial charge is 0.258 e. The Bertz CT molecular complexity index is 1070. The van der Waals surface area contributed by atoms with E-state index in [2.05, 4.69) is 15.1 Å². The van der Waals surface area contributed by atoms with Crippen molar-refractivity contribution in [2.45, 2.75) is 20.3 Å². The summed E-state index contributed by atoms with van der Waals surface area (Å²) in [5.74, 6) is 0.792. The van der Waals surface area contributed by atoms with Crippen molar-refractivity contribution in [1.82, 2.24) is 4.98 Å². The van der Waals surface area contributed by atoms with Gasteiger partial charge in [-0.15, -0.1) is 0 Å². The Morgan fingerprint density at radius 2 is 1.96 bits per heavy atom. The fourth-order valence-corrected chi connectivity index (χ4v) is 3.61. The van der Waals surface area contributed by atoms with Crippen molar-refractivity contribution in [2.75, 3.05) is 5.01 Å². The molecule has 0 aliphatic carbocycles. The van der Waals surface area contributed by atoms with E-state index in [1.165, 1.54) is 29.0 Å². The SMILES string of the molecule is CC1=NN(c2ccc(C)cc2)/C(=N/c2nc3ccc([N+](=O)[O-])cc3s2)C1. The van der Waals surface area contributed by atoms with Crippen LogP contribution in [0, 0.1) is 17.0 Å². The predicted octanol–water partition coefficient (Wildman–Crippen LogP) is 4.83. The first-order valence-corrected chi connectivity index (χ1v) is 8.85. The summed E-state index contributed by atoms with van der Waals surface area (Å²) < 4.78 is 0.746. The van der Waals surface area contributed by atoms with Crippen molar-refractivity contribution in [3.63, 3.8) is 0 Å². The van der Waals surface area contributed by atoms with Crippen molar-refractivity contribution in [3.05, 3.63) is 58.1 Å². The number of thiazole rings is 1. The molecule has 4 rings (SSSR count). The van der Waals surface area contributed by atoms with Crippen molar-refractivity contribution in [3.8, 4) is 0 Å². The Hall–Kier alpha value is -3.13. The highest BCUT2D eigenvalue weighted by Gasteiger charge is 2.22. The topological polar surface area (TPSA) is 84.0 Å². The summed E-state index contributed by atoms with van der Waals surface area (Å²) in [6, 6.07) is 12.7. The molecule has 0 saturated heterocycles. The predicted molar refractivity (Wildman–Crippen MR) is 105 cm³/mol. The third-order valence-electron chi connectivity index (χ3n) is 4.00. The summed E-state index contributed by atoms with van der Waals surface area (Å²) >= 11 is 1.34. The van der Waals surface area contributed by atoms with E-state index in [-0.39, 0.29) is 5.69 Å². The Kier molecular flexibility index (Phi) is 3.96. The van der Waals surface area contributed by atoms with Crippen LogP contribution in [-0.2, 0) is 0 Å². The number of hydrazone groups is 1. The van der Waals surface area contributed by atoms with Gasteiger partial charge in [-0.3, -0.25) is 10.1 Å². The standard InChI is InChI=1S/C18H15N5O2S/c1-11-3-5-13(6-4-11)22-17(9-12(2)21-22)20-18-19-15-8-7-14(23(24)25)10-16(15)26-18/h3-8,10H,9H2,1-2H3/b20-17+. The Balaban J connectivity index is 1.71. The van der Waals surface area contributed by atoms with Crippen LogP contribution in [0.25, 0.3) is 10.2 Å². The summed E-state index contributed by atoms with van der Waals surface area (Å²) in [4.78, 5) is 19.7. The van der Waals surface area contributed by atoms with E-state index in [9.17, 15) is 10.1 Å². The maximum atomic E-state index is 10.9. The fraction of sp³-hybridized carbons (Fsp3) is 0.167. The van der Waals surface area contributed by atoms with E-state index in [1.807, 2.05) is 43.1 Å². The first kappa shape index (κ1) is 16.3. The van der Waals surface area contributed by atoms with Crippen molar-refractivity contribution < 1.29 is 4.92 Å². The van der Waals surface area contributed by atoms with Gasteiger partial charge in [-0.2, -0.15) is 5.10 Å². The normalized spacial score (nSPS) is 15.7. The molecule has 0 unspecified atom stereocenters. The lowest BCUT2D eigenvalue weighted by Crippen LogP contribution is -2.19. The number of fused-ring (bicyclic) bond motifs is 1. The van der Waals surface area contributed by atoms with Gasteiger partial charge in [0.05, 0.1) is 20.8 Å². The highest BCUT2D eigenvalue weighted by Crippen LogP contribution is 2.32. The second-order valence-corrected chi connectivity index (χ2v) is 7.10. The summed E-state index contributed by atoms with van der Waals surface area (Å²) in [5.41, 5.74) is 3.86. The molecule has 0 spiro atoms. The van der Waals surface area contributed by atoms with Crippen LogP contribution in [0.4, 0.5) is 16.5 Å². The lowest BCUT2D eigenvalue weighted by molar-refractivity contribution is -0.384. The molecule has 1 aliphatic rings. The average Bonchev–Trinajstić information content (AvgIpc) is 3.17. The number of amidine groups is 1. The molecule has 3 aromatic rings.